The molecule has 0 bridgehead atoms. The lowest BCUT2D eigenvalue weighted by Gasteiger charge is -2.37. The monoisotopic (exact) mass is 473 g/mol. The Morgan fingerprint density at radius 1 is 0.914 bits per heavy atom. The van der Waals surface area contributed by atoms with E-state index in [2.05, 4.69) is 14.8 Å². The summed E-state index contributed by atoms with van der Waals surface area (Å²) in [6, 6.07) is 23.3. The highest BCUT2D eigenvalue weighted by Gasteiger charge is 2.22. The molecule has 4 aromatic rings. The minimum atomic E-state index is -0.719. The van der Waals surface area contributed by atoms with Gasteiger partial charge in [-0.25, -0.2) is 4.39 Å². The molecule has 2 N–H and O–H groups in total. The van der Waals surface area contributed by atoms with Gasteiger partial charge < -0.3 is 19.7 Å². The molecule has 0 aliphatic carbocycles. The standard InChI is InChI=1S/C28H28FN3O3/c29-21-6-8-22(9-7-21)32-16-14-31(15-17-32)18-25(33)23-10-12-26(28-24(23)11-13-27(34)30-28)35-19-20-4-2-1-3-5-20/h1-13,25,33H,14-19H2,(H,30,34). The molecule has 1 fully saturated rings. The Morgan fingerprint density at radius 2 is 1.66 bits per heavy atom. The van der Waals surface area contributed by atoms with Gasteiger partial charge in [0.05, 0.1) is 11.6 Å². The maximum atomic E-state index is 13.2. The van der Waals surface area contributed by atoms with E-state index in [0.29, 0.717) is 24.4 Å². The second kappa shape index (κ2) is 10.3. The van der Waals surface area contributed by atoms with E-state index < -0.39 is 6.10 Å². The number of aliphatic hydroxyl groups excluding tert-OH is 1. The van der Waals surface area contributed by atoms with Crippen molar-refractivity contribution in [2.45, 2.75) is 12.7 Å². The number of halogens is 1. The van der Waals surface area contributed by atoms with Gasteiger partial charge in [0.15, 0.2) is 0 Å². The molecular formula is C28H28FN3O3. The van der Waals surface area contributed by atoms with E-state index in [1.165, 1.54) is 18.2 Å². The predicted octanol–water partition coefficient (Wildman–Crippen LogP) is 4.10. The quantitative estimate of drug-likeness (QED) is 0.423. The average molecular weight is 474 g/mol. The number of rotatable bonds is 7. The third-order valence-electron chi connectivity index (χ3n) is 6.48. The van der Waals surface area contributed by atoms with Crippen LogP contribution in [0, 0.1) is 5.82 Å². The van der Waals surface area contributed by atoms with Crippen LogP contribution in [0.4, 0.5) is 10.1 Å². The normalized spacial score (nSPS) is 15.3. The fraction of sp³-hybridized carbons (Fsp3) is 0.250. The molecule has 1 aliphatic heterocycles. The summed E-state index contributed by atoms with van der Waals surface area (Å²) in [5, 5.41) is 11.9. The Bertz CT molecular complexity index is 1330. The molecule has 6 nitrogen and oxygen atoms in total. The summed E-state index contributed by atoms with van der Waals surface area (Å²) in [7, 11) is 0. The SMILES string of the molecule is O=c1ccc2c(C(O)CN3CCN(c4ccc(F)cc4)CC3)ccc(OCc3ccccc3)c2[nH]1. The zero-order valence-corrected chi connectivity index (χ0v) is 19.4. The Hall–Kier alpha value is -3.68. The van der Waals surface area contributed by atoms with Crippen LogP contribution in [0.3, 0.4) is 0 Å². The van der Waals surface area contributed by atoms with Crippen molar-refractivity contribution in [3.63, 3.8) is 0 Å². The molecule has 180 valence electrons. The molecule has 1 atom stereocenters. The van der Waals surface area contributed by atoms with Gasteiger partial charge in [-0.15, -0.1) is 0 Å². The average Bonchev–Trinajstić information content (AvgIpc) is 2.88. The summed E-state index contributed by atoms with van der Waals surface area (Å²) in [5.74, 6) is 0.339. The van der Waals surface area contributed by atoms with Gasteiger partial charge in [0.25, 0.3) is 0 Å². The molecule has 0 amide bonds. The number of aliphatic hydroxyl groups is 1. The number of anilines is 1. The molecule has 35 heavy (non-hydrogen) atoms. The van der Waals surface area contributed by atoms with Gasteiger partial charge in [0, 0.05) is 49.9 Å². The maximum absolute atomic E-state index is 13.2. The van der Waals surface area contributed by atoms with E-state index >= 15 is 0 Å². The topological polar surface area (TPSA) is 68.8 Å². The van der Waals surface area contributed by atoms with Gasteiger partial charge in [-0.05, 0) is 47.5 Å². The Labute approximate surface area is 203 Å². The van der Waals surface area contributed by atoms with Crippen LogP contribution >= 0.6 is 0 Å². The molecule has 1 aromatic heterocycles. The summed E-state index contributed by atoms with van der Waals surface area (Å²) in [6.45, 7) is 4.06. The molecule has 0 radical (unpaired) electrons. The van der Waals surface area contributed by atoms with Crippen molar-refractivity contribution in [3.05, 3.63) is 106 Å². The lowest BCUT2D eigenvalue weighted by Crippen LogP contribution is -2.47. The summed E-state index contributed by atoms with van der Waals surface area (Å²) < 4.78 is 19.2. The number of fused-ring (bicyclic) bond motifs is 1. The second-order valence-electron chi connectivity index (χ2n) is 8.82. The summed E-state index contributed by atoms with van der Waals surface area (Å²) in [4.78, 5) is 19.4. The fourth-order valence-corrected chi connectivity index (χ4v) is 4.58. The number of β-amino-alcohol motifs (C(OH)–C–C–N with tert-alkyl or cyclic N) is 1. The third-order valence-corrected chi connectivity index (χ3v) is 6.48. The molecule has 7 heteroatoms. The number of benzene rings is 3. The Morgan fingerprint density at radius 3 is 2.40 bits per heavy atom. The summed E-state index contributed by atoms with van der Waals surface area (Å²) >= 11 is 0. The van der Waals surface area contributed by atoms with Crippen molar-refractivity contribution >= 4 is 16.6 Å². The van der Waals surface area contributed by atoms with Gasteiger partial charge in [-0.1, -0.05) is 36.4 Å². The molecule has 0 saturated carbocycles. The van der Waals surface area contributed by atoms with Gasteiger partial charge in [0.2, 0.25) is 5.56 Å². The van der Waals surface area contributed by atoms with E-state index in [1.807, 2.05) is 42.5 Å². The van der Waals surface area contributed by atoms with E-state index in [-0.39, 0.29) is 11.4 Å². The molecule has 1 unspecified atom stereocenters. The maximum Gasteiger partial charge on any atom is 0.248 e. The number of aromatic nitrogens is 1. The summed E-state index contributed by atoms with van der Waals surface area (Å²) in [6.07, 6.45) is -0.719. The number of pyridine rings is 1. The van der Waals surface area contributed by atoms with Gasteiger partial charge in [0.1, 0.15) is 18.2 Å². The number of hydrogen-bond donors (Lipinski definition) is 2. The van der Waals surface area contributed by atoms with Crippen molar-refractivity contribution in [1.82, 2.24) is 9.88 Å². The van der Waals surface area contributed by atoms with E-state index in [9.17, 15) is 14.3 Å². The smallest absolute Gasteiger partial charge is 0.248 e. The number of nitrogens with one attached hydrogen (secondary N) is 1. The largest absolute Gasteiger partial charge is 0.487 e. The van der Waals surface area contributed by atoms with Crippen LogP contribution in [0.2, 0.25) is 0 Å². The van der Waals surface area contributed by atoms with Crippen LogP contribution in [-0.2, 0) is 6.61 Å². The Balaban J connectivity index is 1.28. The Kier molecular flexibility index (Phi) is 6.79. The van der Waals surface area contributed by atoms with Crippen LogP contribution < -0.4 is 15.2 Å². The van der Waals surface area contributed by atoms with Crippen molar-refractivity contribution in [2.75, 3.05) is 37.6 Å². The highest BCUT2D eigenvalue weighted by atomic mass is 19.1. The first kappa shape index (κ1) is 23.1. The number of H-pyrrole nitrogens is 1. The first-order valence-electron chi connectivity index (χ1n) is 11.8. The lowest BCUT2D eigenvalue weighted by atomic mass is 10.0. The number of hydrogen-bond acceptors (Lipinski definition) is 5. The fourth-order valence-electron chi connectivity index (χ4n) is 4.58. The minimum Gasteiger partial charge on any atom is -0.487 e. The lowest BCUT2D eigenvalue weighted by molar-refractivity contribution is 0.110. The van der Waals surface area contributed by atoms with E-state index in [0.717, 1.165) is 48.4 Å². The highest BCUT2D eigenvalue weighted by Crippen LogP contribution is 2.31. The van der Waals surface area contributed by atoms with Crippen LogP contribution in [0.5, 0.6) is 5.75 Å². The molecule has 1 aliphatic rings. The second-order valence-corrected chi connectivity index (χ2v) is 8.82. The number of ether oxygens (including phenoxy) is 1. The van der Waals surface area contributed by atoms with Crippen LogP contribution in [0.1, 0.15) is 17.2 Å². The molecule has 0 spiro atoms. The van der Waals surface area contributed by atoms with Crippen LogP contribution in [0.15, 0.2) is 83.7 Å². The van der Waals surface area contributed by atoms with Crippen molar-refractivity contribution in [2.24, 2.45) is 0 Å². The van der Waals surface area contributed by atoms with Gasteiger partial charge >= 0.3 is 0 Å². The van der Waals surface area contributed by atoms with Crippen LogP contribution in [0.25, 0.3) is 10.9 Å². The van der Waals surface area contributed by atoms with E-state index in [4.69, 9.17) is 4.74 Å². The van der Waals surface area contributed by atoms with Crippen molar-refractivity contribution < 1.29 is 14.2 Å². The third kappa shape index (κ3) is 5.37. The molecule has 5 rings (SSSR count). The number of piperazine rings is 1. The van der Waals surface area contributed by atoms with Crippen LogP contribution in [-0.4, -0.2) is 47.7 Å². The van der Waals surface area contributed by atoms with Crippen molar-refractivity contribution in [3.8, 4) is 5.75 Å². The first-order chi connectivity index (χ1) is 17.1. The summed E-state index contributed by atoms with van der Waals surface area (Å²) in [5.41, 5.74) is 3.16. The van der Waals surface area contributed by atoms with Crippen molar-refractivity contribution in [1.29, 1.82) is 0 Å². The van der Waals surface area contributed by atoms with Gasteiger partial charge in [-0.2, -0.15) is 0 Å². The highest BCUT2D eigenvalue weighted by molar-refractivity contribution is 5.87. The number of nitrogens with zero attached hydrogens (tertiary/aromatic N) is 2. The molecular weight excluding hydrogens is 445 g/mol. The molecule has 2 heterocycles. The zero-order chi connectivity index (χ0) is 24.2. The number of aromatic amines is 1. The predicted molar refractivity (Wildman–Crippen MR) is 135 cm³/mol. The van der Waals surface area contributed by atoms with Gasteiger partial charge in [-0.3, -0.25) is 9.69 Å². The molecule has 1 saturated heterocycles. The minimum absolute atomic E-state index is 0.217. The van der Waals surface area contributed by atoms with E-state index in [1.54, 1.807) is 18.2 Å². The molecule has 3 aromatic carbocycles. The first-order valence-corrected chi connectivity index (χ1v) is 11.8. The zero-order valence-electron chi connectivity index (χ0n) is 19.4.